The van der Waals surface area contributed by atoms with E-state index in [1.807, 2.05) is 18.2 Å². The van der Waals surface area contributed by atoms with Gasteiger partial charge in [0.05, 0.1) is 4.92 Å². The van der Waals surface area contributed by atoms with Gasteiger partial charge in [0.2, 0.25) is 0 Å². The molecule has 2 amide bonds. The van der Waals surface area contributed by atoms with Gasteiger partial charge in [-0.05, 0) is 24.3 Å². The third-order valence-electron chi connectivity index (χ3n) is 3.00. The van der Waals surface area contributed by atoms with Crippen molar-refractivity contribution in [2.75, 3.05) is 23.3 Å². The molecule has 2 aromatic rings. The van der Waals surface area contributed by atoms with Crippen LogP contribution in [0.4, 0.5) is 21.9 Å². The molecule has 22 heavy (non-hydrogen) atoms. The fourth-order valence-electron chi connectivity index (χ4n) is 1.94. The molecule has 0 saturated heterocycles. The predicted molar refractivity (Wildman–Crippen MR) is 85.0 cm³/mol. The zero-order chi connectivity index (χ0) is 15.9. The highest BCUT2D eigenvalue weighted by molar-refractivity contribution is 6.01. The Morgan fingerprint density at radius 1 is 1.14 bits per heavy atom. The summed E-state index contributed by atoms with van der Waals surface area (Å²) in [4.78, 5) is 24.0. The van der Waals surface area contributed by atoms with E-state index in [1.54, 1.807) is 12.1 Å². The zero-order valence-electron chi connectivity index (χ0n) is 11.8. The number of rotatable bonds is 5. The summed E-state index contributed by atoms with van der Waals surface area (Å²) in [5.41, 5.74) is 6.73. The van der Waals surface area contributed by atoms with Crippen LogP contribution in [0.5, 0.6) is 0 Å². The minimum atomic E-state index is -0.485. The Hall–Kier alpha value is -2.93. The van der Waals surface area contributed by atoms with Gasteiger partial charge in [0, 0.05) is 36.6 Å². The van der Waals surface area contributed by atoms with Crippen molar-refractivity contribution >= 4 is 23.1 Å². The standard InChI is InChI=1S/C15H16N4O3/c16-10-11-18(13-6-8-14(9-7-13)19(21)22)15(20)17-12-4-2-1-3-5-12/h1-9H,10-11,16H2,(H,17,20). The number of amides is 2. The third-order valence-corrected chi connectivity index (χ3v) is 3.00. The molecule has 3 N–H and O–H groups in total. The van der Waals surface area contributed by atoms with E-state index in [1.165, 1.54) is 29.2 Å². The van der Waals surface area contributed by atoms with E-state index in [-0.39, 0.29) is 18.3 Å². The molecule has 0 radical (unpaired) electrons. The summed E-state index contributed by atoms with van der Waals surface area (Å²) in [5.74, 6) is 0. The van der Waals surface area contributed by atoms with Gasteiger partial charge in [0.1, 0.15) is 0 Å². The number of non-ortho nitro benzene ring substituents is 1. The molecule has 0 aromatic heterocycles. The Balaban J connectivity index is 2.18. The molecular formula is C15H16N4O3. The Bertz CT molecular complexity index is 644. The van der Waals surface area contributed by atoms with Crippen molar-refractivity contribution in [2.45, 2.75) is 0 Å². The number of benzene rings is 2. The first-order valence-corrected chi connectivity index (χ1v) is 6.70. The fraction of sp³-hybridized carbons (Fsp3) is 0.133. The Kier molecular flexibility index (Phi) is 5.05. The van der Waals surface area contributed by atoms with Crippen LogP contribution in [-0.2, 0) is 0 Å². The van der Waals surface area contributed by atoms with Gasteiger partial charge in [-0.1, -0.05) is 18.2 Å². The molecule has 0 bridgehead atoms. The summed E-state index contributed by atoms with van der Waals surface area (Å²) in [6, 6.07) is 14.4. The van der Waals surface area contributed by atoms with Gasteiger partial charge >= 0.3 is 6.03 Å². The monoisotopic (exact) mass is 300 g/mol. The summed E-state index contributed by atoms with van der Waals surface area (Å²) in [7, 11) is 0. The van der Waals surface area contributed by atoms with Crippen LogP contribution in [0.25, 0.3) is 0 Å². The molecule has 0 aliphatic heterocycles. The molecule has 0 aliphatic rings. The number of nitro benzene ring substituents is 1. The van der Waals surface area contributed by atoms with E-state index in [0.717, 1.165) is 0 Å². The second-order valence-corrected chi connectivity index (χ2v) is 4.51. The van der Waals surface area contributed by atoms with Gasteiger partial charge in [0.25, 0.3) is 5.69 Å². The van der Waals surface area contributed by atoms with Crippen molar-refractivity contribution in [1.29, 1.82) is 0 Å². The molecule has 0 fully saturated rings. The van der Waals surface area contributed by atoms with Crippen LogP contribution in [0, 0.1) is 10.1 Å². The SMILES string of the molecule is NCCN(C(=O)Nc1ccccc1)c1ccc([N+](=O)[O-])cc1. The van der Waals surface area contributed by atoms with Crippen molar-refractivity contribution in [2.24, 2.45) is 5.73 Å². The van der Waals surface area contributed by atoms with E-state index in [9.17, 15) is 14.9 Å². The number of carbonyl (C=O) groups excluding carboxylic acids is 1. The largest absolute Gasteiger partial charge is 0.329 e. The van der Waals surface area contributed by atoms with E-state index >= 15 is 0 Å². The highest BCUT2D eigenvalue weighted by atomic mass is 16.6. The lowest BCUT2D eigenvalue weighted by Crippen LogP contribution is -2.38. The first kappa shape index (κ1) is 15.5. The van der Waals surface area contributed by atoms with Crippen LogP contribution in [-0.4, -0.2) is 24.0 Å². The van der Waals surface area contributed by atoms with Gasteiger partial charge in [-0.2, -0.15) is 0 Å². The first-order chi connectivity index (χ1) is 10.6. The number of hydrogen-bond donors (Lipinski definition) is 2. The average Bonchev–Trinajstić information content (AvgIpc) is 2.53. The number of para-hydroxylation sites is 1. The maximum absolute atomic E-state index is 12.3. The van der Waals surface area contributed by atoms with Gasteiger partial charge in [-0.3, -0.25) is 15.0 Å². The van der Waals surface area contributed by atoms with Crippen LogP contribution in [0.2, 0.25) is 0 Å². The van der Waals surface area contributed by atoms with Gasteiger partial charge in [-0.25, -0.2) is 4.79 Å². The molecule has 7 nitrogen and oxygen atoms in total. The lowest BCUT2D eigenvalue weighted by molar-refractivity contribution is -0.384. The first-order valence-electron chi connectivity index (χ1n) is 6.70. The summed E-state index contributed by atoms with van der Waals surface area (Å²) in [5, 5.41) is 13.4. The van der Waals surface area contributed by atoms with Crippen LogP contribution >= 0.6 is 0 Å². The van der Waals surface area contributed by atoms with Crippen molar-refractivity contribution in [1.82, 2.24) is 0 Å². The van der Waals surface area contributed by atoms with Crippen molar-refractivity contribution in [3.63, 3.8) is 0 Å². The Morgan fingerprint density at radius 3 is 2.32 bits per heavy atom. The molecule has 0 atom stereocenters. The van der Waals surface area contributed by atoms with Gasteiger partial charge in [0.15, 0.2) is 0 Å². The second-order valence-electron chi connectivity index (χ2n) is 4.51. The molecule has 114 valence electrons. The molecular weight excluding hydrogens is 284 g/mol. The maximum Gasteiger partial charge on any atom is 0.326 e. The van der Waals surface area contributed by atoms with E-state index in [0.29, 0.717) is 17.9 Å². The van der Waals surface area contributed by atoms with Crippen molar-refractivity contribution < 1.29 is 9.72 Å². The van der Waals surface area contributed by atoms with Crippen molar-refractivity contribution in [3.05, 3.63) is 64.7 Å². The van der Waals surface area contributed by atoms with Crippen LogP contribution < -0.4 is 16.0 Å². The summed E-state index contributed by atoms with van der Waals surface area (Å²) in [6.45, 7) is 0.579. The number of anilines is 2. The number of nitrogens with one attached hydrogen (secondary N) is 1. The fourth-order valence-corrected chi connectivity index (χ4v) is 1.94. The molecule has 0 heterocycles. The zero-order valence-corrected chi connectivity index (χ0v) is 11.8. The average molecular weight is 300 g/mol. The van der Waals surface area contributed by atoms with Crippen LogP contribution in [0.3, 0.4) is 0 Å². The smallest absolute Gasteiger partial charge is 0.326 e. The Morgan fingerprint density at radius 2 is 1.77 bits per heavy atom. The Labute approximate surface area is 127 Å². The molecule has 0 aliphatic carbocycles. The summed E-state index contributed by atoms with van der Waals surface area (Å²) >= 11 is 0. The minimum absolute atomic E-state index is 0.0279. The molecule has 7 heteroatoms. The van der Waals surface area contributed by atoms with Crippen LogP contribution in [0.1, 0.15) is 0 Å². The number of carbonyl (C=O) groups is 1. The lowest BCUT2D eigenvalue weighted by Gasteiger charge is -2.22. The van der Waals surface area contributed by atoms with Crippen molar-refractivity contribution in [3.8, 4) is 0 Å². The molecule has 2 rings (SSSR count). The van der Waals surface area contributed by atoms with E-state index in [2.05, 4.69) is 5.32 Å². The second kappa shape index (κ2) is 7.19. The molecule has 0 spiro atoms. The van der Waals surface area contributed by atoms with Crippen LogP contribution in [0.15, 0.2) is 54.6 Å². The molecule has 0 unspecified atom stereocenters. The number of nitrogens with zero attached hydrogens (tertiary/aromatic N) is 2. The summed E-state index contributed by atoms with van der Waals surface area (Å²) < 4.78 is 0. The lowest BCUT2D eigenvalue weighted by atomic mass is 10.2. The molecule has 0 saturated carbocycles. The minimum Gasteiger partial charge on any atom is -0.329 e. The number of nitro groups is 1. The van der Waals surface area contributed by atoms with Gasteiger partial charge < -0.3 is 11.1 Å². The maximum atomic E-state index is 12.3. The van der Waals surface area contributed by atoms with E-state index in [4.69, 9.17) is 5.73 Å². The van der Waals surface area contributed by atoms with Gasteiger partial charge in [-0.15, -0.1) is 0 Å². The normalized spacial score (nSPS) is 10.0. The number of hydrogen-bond acceptors (Lipinski definition) is 4. The predicted octanol–water partition coefficient (Wildman–Crippen LogP) is 2.59. The van der Waals surface area contributed by atoms with E-state index < -0.39 is 4.92 Å². The highest BCUT2D eigenvalue weighted by Gasteiger charge is 2.16. The third kappa shape index (κ3) is 3.80. The highest BCUT2D eigenvalue weighted by Crippen LogP contribution is 2.20. The molecule has 2 aromatic carbocycles. The number of nitrogens with two attached hydrogens (primary N) is 1. The summed E-state index contributed by atoms with van der Waals surface area (Å²) in [6.07, 6.45) is 0. The topological polar surface area (TPSA) is 102 Å². The number of urea groups is 1. The quantitative estimate of drug-likeness (QED) is 0.654.